The van der Waals surface area contributed by atoms with Crippen LogP contribution < -0.4 is 0 Å². The second-order valence-corrected chi connectivity index (χ2v) is 4.81. The molecular weight excluding hydrogens is 200 g/mol. The minimum Gasteiger partial charge on any atom is -0.512 e. The van der Waals surface area contributed by atoms with Crippen LogP contribution in [0.15, 0.2) is 11.3 Å². The van der Waals surface area contributed by atoms with Crippen molar-refractivity contribution >= 4 is 5.78 Å². The highest BCUT2D eigenvalue weighted by atomic mass is 16.3. The number of aliphatic hydroxyl groups is 1. The van der Waals surface area contributed by atoms with Crippen molar-refractivity contribution in [3.63, 3.8) is 0 Å². The molecule has 92 valence electrons. The summed E-state index contributed by atoms with van der Waals surface area (Å²) in [7, 11) is 0. The summed E-state index contributed by atoms with van der Waals surface area (Å²) in [6.07, 6.45) is 11.1. The van der Waals surface area contributed by atoms with E-state index >= 15 is 0 Å². The Kier molecular flexibility index (Phi) is 6.20. The maximum atomic E-state index is 11.4. The Morgan fingerprint density at radius 1 is 0.875 bits per heavy atom. The van der Waals surface area contributed by atoms with Gasteiger partial charge in [0, 0.05) is 12.0 Å². The van der Waals surface area contributed by atoms with Gasteiger partial charge in [-0.3, -0.25) is 4.79 Å². The monoisotopic (exact) mass is 224 g/mol. The van der Waals surface area contributed by atoms with E-state index in [0.29, 0.717) is 17.8 Å². The van der Waals surface area contributed by atoms with Gasteiger partial charge in [-0.05, 0) is 26.2 Å². The number of Topliss-reactive ketones (excluding diaryl/α,β-unsaturated/α-hetero) is 1. The fraction of sp³-hybridized carbons (Fsp3) is 0.786. The smallest absolute Gasteiger partial charge is 0.159 e. The minimum atomic E-state index is 0.0505. The number of carbonyl (C=O) groups is 1. The average Bonchev–Trinajstić information content (AvgIpc) is 2.22. The van der Waals surface area contributed by atoms with E-state index in [9.17, 15) is 9.90 Å². The first-order valence-electron chi connectivity index (χ1n) is 6.63. The van der Waals surface area contributed by atoms with Crippen LogP contribution in [0.4, 0.5) is 0 Å². The highest BCUT2D eigenvalue weighted by Gasteiger charge is 2.11. The maximum Gasteiger partial charge on any atom is 0.159 e. The van der Waals surface area contributed by atoms with Crippen LogP contribution >= 0.6 is 0 Å². The standard InChI is InChI=1S/C14H24O2/c1-12(15)13-10-8-6-4-2-3-5-7-9-11-14(13)16/h16H,2-11H2,1H3. The third-order valence-corrected chi connectivity index (χ3v) is 3.36. The molecule has 16 heavy (non-hydrogen) atoms. The molecular formula is C14H24O2. The number of ketones is 1. The molecule has 0 spiro atoms. The molecule has 0 radical (unpaired) electrons. The molecule has 0 fully saturated rings. The molecule has 0 atom stereocenters. The van der Waals surface area contributed by atoms with Crippen molar-refractivity contribution in [2.75, 3.05) is 0 Å². The third kappa shape index (κ3) is 4.82. The summed E-state index contributed by atoms with van der Waals surface area (Å²) in [4.78, 5) is 11.4. The van der Waals surface area contributed by atoms with Crippen molar-refractivity contribution in [1.82, 2.24) is 0 Å². The van der Waals surface area contributed by atoms with Gasteiger partial charge < -0.3 is 5.11 Å². The molecule has 2 nitrogen and oxygen atoms in total. The quantitative estimate of drug-likeness (QED) is 0.721. The van der Waals surface area contributed by atoms with Crippen LogP contribution in [0, 0.1) is 0 Å². The molecule has 0 aromatic carbocycles. The first-order chi connectivity index (χ1) is 7.72. The summed E-state index contributed by atoms with van der Waals surface area (Å²) >= 11 is 0. The molecule has 0 aliphatic heterocycles. The Morgan fingerprint density at radius 3 is 1.81 bits per heavy atom. The van der Waals surface area contributed by atoms with Gasteiger partial charge >= 0.3 is 0 Å². The fourth-order valence-electron chi connectivity index (χ4n) is 2.33. The predicted octanol–water partition coefficient (Wildman–Crippen LogP) is 4.30. The topological polar surface area (TPSA) is 37.3 Å². The zero-order chi connectivity index (χ0) is 11.8. The molecule has 0 amide bonds. The zero-order valence-corrected chi connectivity index (χ0v) is 10.4. The predicted molar refractivity (Wildman–Crippen MR) is 66.5 cm³/mol. The summed E-state index contributed by atoms with van der Waals surface area (Å²) in [6.45, 7) is 1.57. The van der Waals surface area contributed by atoms with Crippen molar-refractivity contribution in [3.05, 3.63) is 11.3 Å². The van der Waals surface area contributed by atoms with Crippen LogP contribution in [0.2, 0.25) is 0 Å². The van der Waals surface area contributed by atoms with E-state index in [1.807, 2.05) is 0 Å². The minimum absolute atomic E-state index is 0.0505. The molecule has 1 aliphatic rings. The molecule has 1 rings (SSSR count). The van der Waals surface area contributed by atoms with Crippen molar-refractivity contribution in [2.24, 2.45) is 0 Å². The first-order valence-corrected chi connectivity index (χ1v) is 6.63. The Hall–Kier alpha value is -0.790. The summed E-state index contributed by atoms with van der Waals surface area (Å²) in [6, 6.07) is 0. The van der Waals surface area contributed by atoms with Gasteiger partial charge in [0.15, 0.2) is 5.78 Å². The van der Waals surface area contributed by atoms with Gasteiger partial charge in [-0.1, -0.05) is 38.5 Å². The van der Waals surface area contributed by atoms with E-state index in [1.165, 1.54) is 38.5 Å². The van der Waals surface area contributed by atoms with Crippen LogP contribution in [0.1, 0.15) is 71.1 Å². The van der Waals surface area contributed by atoms with Crippen molar-refractivity contribution < 1.29 is 9.90 Å². The van der Waals surface area contributed by atoms with Crippen LogP contribution in [-0.4, -0.2) is 10.9 Å². The average molecular weight is 224 g/mol. The first kappa shape index (κ1) is 13.3. The largest absolute Gasteiger partial charge is 0.512 e. The van der Waals surface area contributed by atoms with E-state index in [2.05, 4.69) is 0 Å². The van der Waals surface area contributed by atoms with Gasteiger partial charge in [0.25, 0.3) is 0 Å². The SMILES string of the molecule is CC(=O)C1=C(O)CCCCCCCCCC1. The van der Waals surface area contributed by atoms with Crippen molar-refractivity contribution in [2.45, 2.75) is 71.1 Å². The van der Waals surface area contributed by atoms with E-state index in [4.69, 9.17) is 0 Å². The fourth-order valence-corrected chi connectivity index (χ4v) is 2.33. The molecule has 0 saturated heterocycles. The highest BCUT2D eigenvalue weighted by molar-refractivity contribution is 5.93. The lowest BCUT2D eigenvalue weighted by Gasteiger charge is -2.10. The van der Waals surface area contributed by atoms with E-state index in [0.717, 1.165) is 19.3 Å². The number of allylic oxidation sites excluding steroid dienone is 2. The zero-order valence-electron chi connectivity index (χ0n) is 10.4. The Bertz CT molecular complexity index is 253. The lowest BCUT2D eigenvalue weighted by molar-refractivity contribution is -0.114. The van der Waals surface area contributed by atoms with E-state index in [-0.39, 0.29) is 5.78 Å². The molecule has 0 aromatic heterocycles. The summed E-state index contributed by atoms with van der Waals surface area (Å²) in [5.41, 5.74) is 0.681. The molecule has 0 bridgehead atoms. The maximum absolute atomic E-state index is 11.4. The van der Waals surface area contributed by atoms with Crippen molar-refractivity contribution in [1.29, 1.82) is 0 Å². The Balaban J connectivity index is 2.59. The molecule has 1 aliphatic carbocycles. The molecule has 0 heterocycles. The van der Waals surface area contributed by atoms with Gasteiger partial charge in [0.2, 0.25) is 0 Å². The lowest BCUT2D eigenvalue weighted by Crippen LogP contribution is -2.03. The van der Waals surface area contributed by atoms with E-state index < -0.39 is 0 Å². The van der Waals surface area contributed by atoms with Crippen LogP contribution in [0.25, 0.3) is 0 Å². The van der Waals surface area contributed by atoms with Gasteiger partial charge in [0.1, 0.15) is 0 Å². The molecule has 0 unspecified atom stereocenters. The normalized spacial score (nSPS) is 21.1. The Labute approximate surface area is 98.7 Å². The summed E-state index contributed by atoms with van der Waals surface area (Å²) in [5.74, 6) is 0.405. The van der Waals surface area contributed by atoms with Gasteiger partial charge in [-0.2, -0.15) is 0 Å². The van der Waals surface area contributed by atoms with Gasteiger partial charge in [-0.15, -0.1) is 0 Å². The highest BCUT2D eigenvalue weighted by Crippen LogP contribution is 2.20. The number of hydrogen-bond acceptors (Lipinski definition) is 2. The van der Waals surface area contributed by atoms with E-state index in [1.54, 1.807) is 6.92 Å². The molecule has 2 heteroatoms. The van der Waals surface area contributed by atoms with Crippen LogP contribution in [-0.2, 0) is 4.79 Å². The molecule has 1 N–H and O–H groups in total. The number of hydrogen-bond donors (Lipinski definition) is 1. The summed E-state index contributed by atoms with van der Waals surface area (Å²) in [5, 5.41) is 9.88. The Morgan fingerprint density at radius 2 is 1.31 bits per heavy atom. The van der Waals surface area contributed by atoms with Crippen LogP contribution in [0.5, 0.6) is 0 Å². The van der Waals surface area contributed by atoms with Crippen molar-refractivity contribution in [3.8, 4) is 0 Å². The molecule has 0 saturated carbocycles. The third-order valence-electron chi connectivity index (χ3n) is 3.36. The number of aliphatic hydroxyl groups excluding tert-OH is 1. The number of carbonyl (C=O) groups excluding carboxylic acids is 1. The second kappa shape index (κ2) is 7.48. The molecule has 0 aromatic rings. The second-order valence-electron chi connectivity index (χ2n) is 4.81. The summed E-state index contributed by atoms with van der Waals surface area (Å²) < 4.78 is 0. The lowest BCUT2D eigenvalue weighted by atomic mass is 9.97. The van der Waals surface area contributed by atoms with Crippen LogP contribution in [0.3, 0.4) is 0 Å². The van der Waals surface area contributed by atoms with Gasteiger partial charge in [0.05, 0.1) is 5.76 Å². The van der Waals surface area contributed by atoms with Gasteiger partial charge in [-0.25, -0.2) is 0 Å². The number of rotatable bonds is 1.